The first-order valence-corrected chi connectivity index (χ1v) is 5.62. The van der Waals surface area contributed by atoms with Crippen LogP contribution in [0.15, 0.2) is 18.5 Å². The van der Waals surface area contributed by atoms with Crippen LogP contribution >= 0.6 is 0 Å². The first-order valence-electron chi connectivity index (χ1n) is 5.62. The number of unbranched alkanes of at least 4 members (excludes halogenated alkanes) is 1. The molecule has 0 spiro atoms. The summed E-state index contributed by atoms with van der Waals surface area (Å²) in [7, 11) is 0. The molecule has 3 heteroatoms. The third-order valence-corrected chi connectivity index (χ3v) is 2.81. The molecule has 0 unspecified atom stereocenters. The zero-order valence-corrected chi connectivity index (χ0v) is 8.85. The predicted molar refractivity (Wildman–Crippen MR) is 57.8 cm³/mol. The number of carbonyl (C=O) groups is 1. The average molecular weight is 207 g/mol. The first-order chi connectivity index (χ1) is 7.31. The number of aryl methyl sites for hydroxylation is 1. The predicted octanol–water partition coefficient (Wildman–Crippen LogP) is 1.85. The Labute approximate surface area is 89.7 Å². The highest BCUT2D eigenvalue weighted by Crippen LogP contribution is 2.32. The van der Waals surface area contributed by atoms with Crippen molar-refractivity contribution in [2.45, 2.75) is 32.2 Å². The van der Waals surface area contributed by atoms with Crippen molar-refractivity contribution in [3.8, 4) is 0 Å². The molecule has 0 aliphatic heterocycles. The van der Waals surface area contributed by atoms with Gasteiger partial charge in [0.1, 0.15) is 0 Å². The minimum atomic E-state index is 0.245. The van der Waals surface area contributed by atoms with Crippen LogP contribution in [-0.2, 0) is 6.54 Å². The van der Waals surface area contributed by atoms with Crippen LogP contribution in [0.25, 0.3) is 0 Å². The summed E-state index contributed by atoms with van der Waals surface area (Å²) in [6, 6.07) is 1.90. The molecule has 0 atom stereocenters. The average Bonchev–Trinajstić information content (AvgIpc) is 2.98. The molecular formula is C12H17NO2. The summed E-state index contributed by atoms with van der Waals surface area (Å²) in [5, 5.41) is 8.66. The number of aromatic nitrogens is 1. The van der Waals surface area contributed by atoms with Crippen molar-refractivity contribution in [2.75, 3.05) is 6.61 Å². The summed E-state index contributed by atoms with van der Waals surface area (Å²) in [5.74, 6) is 0.606. The lowest BCUT2D eigenvalue weighted by Gasteiger charge is -2.00. The standard InChI is InChI=1S/C12H17NO2/c14-8-2-1-6-13-7-5-11(9-13)12(15)10-3-4-10/h5,7,9-10,14H,1-4,6,8H2. The fourth-order valence-corrected chi connectivity index (χ4v) is 1.71. The lowest BCUT2D eigenvalue weighted by atomic mass is 10.1. The molecule has 1 N–H and O–H groups in total. The minimum Gasteiger partial charge on any atom is -0.396 e. The number of rotatable bonds is 6. The highest BCUT2D eigenvalue weighted by atomic mass is 16.2. The molecule has 1 fully saturated rings. The van der Waals surface area contributed by atoms with E-state index >= 15 is 0 Å². The minimum absolute atomic E-state index is 0.245. The first kappa shape index (κ1) is 10.4. The van der Waals surface area contributed by atoms with Crippen LogP contribution in [0.1, 0.15) is 36.0 Å². The van der Waals surface area contributed by atoms with Gasteiger partial charge in [0.25, 0.3) is 0 Å². The smallest absolute Gasteiger partial charge is 0.167 e. The van der Waals surface area contributed by atoms with Crippen LogP contribution in [-0.4, -0.2) is 22.1 Å². The number of Topliss-reactive ketones (excluding diaryl/α,β-unsaturated/α-hetero) is 1. The van der Waals surface area contributed by atoms with E-state index in [0.717, 1.165) is 37.8 Å². The fourth-order valence-electron chi connectivity index (χ4n) is 1.71. The van der Waals surface area contributed by atoms with E-state index in [-0.39, 0.29) is 6.61 Å². The zero-order chi connectivity index (χ0) is 10.7. The Morgan fingerprint density at radius 3 is 2.93 bits per heavy atom. The van der Waals surface area contributed by atoms with Gasteiger partial charge in [0.05, 0.1) is 0 Å². The molecule has 15 heavy (non-hydrogen) atoms. The number of nitrogens with zero attached hydrogens (tertiary/aromatic N) is 1. The maximum atomic E-state index is 11.7. The highest BCUT2D eigenvalue weighted by molar-refractivity contribution is 5.99. The van der Waals surface area contributed by atoms with Gasteiger partial charge in [-0.25, -0.2) is 0 Å². The number of ketones is 1. The van der Waals surface area contributed by atoms with Crippen molar-refractivity contribution in [3.05, 3.63) is 24.0 Å². The molecular weight excluding hydrogens is 190 g/mol. The molecule has 1 aromatic heterocycles. The Balaban J connectivity index is 1.88. The quantitative estimate of drug-likeness (QED) is 0.571. The number of aliphatic hydroxyl groups excluding tert-OH is 1. The van der Waals surface area contributed by atoms with Crippen molar-refractivity contribution in [3.63, 3.8) is 0 Å². The van der Waals surface area contributed by atoms with Gasteiger partial charge in [0.15, 0.2) is 5.78 Å². The monoisotopic (exact) mass is 207 g/mol. The van der Waals surface area contributed by atoms with E-state index < -0.39 is 0 Å². The number of hydrogen-bond donors (Lipinski definition) is 1. The third kappa shape index (κ3) is 2.69. The summed E-state index contributed by atoms with van der Waals surface area (Å²) in [6.07, 6.45) is 7.79. The molecule has 2 rings (SSSR count). The molecule has 0 saturated heterocycles. The van der Waals surface area contributed by atoms with Crippen LogP contribution in [0.4, 0.5) is 0 Å². The Morgan fingerprint density at radius 1 is 1.47 bits per heavy atom. The van der Waals surface area contributed by atoms with Gasteiger partial charge < -0.3 is 9.67 Å². The Hall–Kier alpha value is -1.09. The lowest BCUT2D eigenvalue weighted by molar-refractivity contribution is 0.0967. The molecule has 1 aliphatic rings. The van der Waals surface area contributed by atoms with Gasteiger partial charge in [-0.3, -0.25) is 4.79 Å². The van der Waals surface area contributed by atoms with E-state index in [1.807, 2.05) is 23.0 Å². The van der Waals surface area contributed by atoms with Crippen molar-refractivity contribution in [2.24, 2.45) is 5.92 Å². The zero-order valence-electron chi connectivity index (χ0n) is 8.85. The second-order valence-corrected chi connectivity index (χ2v) is 4.21. The van der Waals surface area contributed by atoms with Gasteiger partial charge in [-0.1, -0.05) is 0 Å². The largest absolute Gasteiger partial charge is 0.396 e. The van der Waals surface area contributed by atoms with Crippen molar-refractivity contribution >= 4 is 5.78 Å². The Bertz CT molecular complexity index is 339. The molecule has 0 bridgehead atoms. The van der Waals surface area contributed by atoms with Crippen LogP contribution < -0.4 is 0 Å². The van der Waals surface area contributed by atoms with Crippen molar-refractivity contribution in [1.82, 2.24) is 4.57 Å². The van der Waals surface area contributed by atoms with Crippen LogP contribution in [0.3, 0.4) is 0 Å². The van der Waals surface area contributed by atoms with Gasteiger partial charge in [0.2, 0.25) is 0 Å². The third-order valence-electron chi connectivity index (χ3n) is 2.81. The number of aliphatic hydroxyl groups is 1. The van der Waals surface area contributed by atoms with E-state index in [4.69, 9.17) is 5.11 Å². The van der Waals surface area contributed by atoms with Gasteiger partial charge in [-0.05, 0) is 31.7 Å². The molecule has 1 heterocycles. The summed E-state index contributed by atoms with van der Waals surface area (Å²) >= 11 is 0. The van der Waals surface area contributed by atoms with E-state index in [0.29, 0.717) is 11.7 Å². The second kappa shape index (κ2) is 4.62. The molecule has 0 aromatic carbocycles. The van der Waals surface area contributed by atoms with E-state index in [1.165, 1.54) is 0 Å². The van der Waals surface area contributed by atoms with Gasteiger partial charge in [-0.2, -0.15) is 0 Å². The number of carbonyl (C=O) groups excluding carboxylic acids is 1. The fraction of sp³-hybridized carbons (Fsp3) is 0.583. The normalized spacial score (nSPS) is 15.5. The SMILES string of the molecule is O=C(c1ccn(CCCCO)c1)C1CC1. The molecule has 1 aromatic rings. The molecule has 0 amide bonds. The lowest BCUT2D eigenvalue weighted by Crippen LogP contribution is -2.00. The van der Waals surface area contributed by atoms with E-state index in [1.54, 1.807) is 0 Å². The molecule has 1 saturated carbocycles. The maximum Gasteiger partial charge on any atom is 0.167 e. The molecule has 0 radical (unpaired) electrons. The topological polar surface area (TPSA) is 42.2 Å². The Kier molecular flexibility index (Phi) is 3.21. The van der Waals surface area contributed by atoms with Gasteiger partial charge >= 0.3 is 0 Å². The van der Waals surface area contributed by atoms with E-state index in [2.05, 4.69) is 0 Å². The van der Waals surface area contributed by atoms with Gasteiger partial charge in [-0.15, -0.1) is 0 Å². The summed E-state index contributed by atoms with van der Waals surface area (Å²) in [4.78, 5) is 11.7. The van der Waals surface area contributed by atoms with E-state index in [9.17, 15) is 4.79 Å². The highest BCUT2D eigenvalue weighted by Gasteiger charge is 2.30. The van der Waals surface area contributed by atoms with Crippen LogP contribution in [0.5, 0.6) is 0 Å². The molecule has 3 nitrogen and oxygen atoms in total. The molecule has 1 aliphatic carbocycles. The molecule has 82 valence electrons. The Morgan fingerprint density at radius 2 is 2.27 bits per heavy atom. The van der Waals surface area contributed by atoms with Crippen molar-refractivity contribution in [1.29, 1.82) is 0 Å². The second-order valence-electron chi connectivity index (χ2n) is 4.21. The maximum absolute atomic E-state index is 11.7. The van der Waals surface area contributed by atoms with Gasteiger partial charge in [0, 0.05) is 37.0 Å². The van der Waals surface area contributed by atoms with Crippen molar-refractivity contribution < 1.29 is 9.90 Å². The van der Waals surface area contributed by atoms with Crippen LogP contribution in [0, 0.1) is 5.92 Å². The number of hydrogen-bond acceptors (Lipinski definition) is 2. The van der Waals surface area contributed by atoms with Crippen LogP contribution in [0.2, 0.25) is 0 Å². The summed E-state index contributed by atoms with van der Waals surface area (Å²) in [6.45, 7) is 1.13. The summed E-state index contributed by atoms with van der Waals surface area (Å²) < 4.78 is 2.03. The summed E-state index contributed by atoms with van der Waals surface area (Å²) in [5.41, 5.74) is 0.849.